The third-order valence-electron chi connectivity index (χ3n) is 5.88. The lowest BCUT2D eigenvalue weighted by Crippen LogP contribution is -2.33. The summed E-state index contributed by atoms with van der Waals surface area (Å²) in [6.45, 7) is 1.22. The van der Waals surface area contributed by atoms with E-state index < -0.39 is 11.3 Å². The zero-order valence-corrected chi connectivity index (χ0v) is 23.5. The molecule has 4 aromatic rings. The summed E-state index contributed by atoms with van der Waals surface area (Å²) in [4.78, 5) is 26.0. The fourth-order valence-corrected chi connectivity index (χ4v) is 4.53. The van der Waals surface area contributed by atoms with E-state index in [9.17, 15) is 13.6 Å². The Morgan fingerprint density at radius 1 is 1.00 bits per heavy atom. The molecule has 0 aliphatic carbocycles. The maximum Gasteiger partial charge on any atom is 0.268 e. The van der Waals surface area contributed by atoms with Gasteiger partial charge in [-0.2, -0.15) is 0 Å². The number of nitrogens with one attached hydrogen (secondary N) is 1. The first-order valence-corrected chi connectivity index (χ1v) is 13.4. The van der Waals surface area contributed by atoms with Crippen molar-refractivity contribution in [2.45, 2.75) is 0 Å². The highest BCUT2D eigenvalue weighted by atomic mass is 35.5. The number of aromatic nitrogens is 2. The van der Waals surface area contributed by atoms with Crippen LogP contribution in [0, 0.1) is 0 Å². The van der Waals surface area contributed by atoms with Crippen LogP contribution < -0.4 is 14.4 Å². The molecule has 204 valence electrons. The number of likely N-dealkylation sites (N-methyl/N-ethyl adjacent to an activating group) is 2. The first-order valence-electron chi connectivity index (χ1n) is 12.0. The van der Waals surface area contributed by atoms with Crippen molar-refractivity contribution in [1.82, 2.24) is 19.8 Å². The molecule has 39 heavy (non-hydrogen) atoms. The summed E-state index contributed by atoms with van der Waals surface area (Å²) < 4.78 is 29.7. The van der Waals surface area contributed by atoms with E-state index in [4.69, 9.17) is 16.3 Å². The van der Waals surface area contributed by atoms with Crippen LogP contribution >= 0.6 is 11.6 Å². The smallest absolute Gasteiger partial charge is 0.268 e. The summed E-state index contributed by atoms with van der Waals surface area (Å²) in [5, 5.41) is 3.53. The molecule has 0 saturated heterocycles. The number of anilines is 4. The molecule has 0 aliphatic heterocycles. The van der Waals surface area contributed by atoms with E-state index in [0.29, 0.717) is 46.1 Å². The van der Waals surface area contributed by atoms with Gasteiger partial charge in [0, 0.05) is 31.8 Å². The van der Waals surface area contributed by atoms with Gasteiger partial charge in [0.05, 0.1) is 34.5 Å². The molecule has 1 heterocycles. The van der Waals surface area contributed by atoms with E-state index >= 15 is 0 Å². The van der Waals surface area contributed by atoms with E-state index in [2.05, 4.69) is 15.3 Å². The lowest BCUT2D eigenvalue weighted by molar-refractivity contribution is 0.0786. The maximum atomic E-state index is 13.1. The Bertz CT molecular complexity index is 1520. The highest BCUT2D eigenvalue weighted by Crippen LogP contribution is 2.36. The summed E-state index contributed by atoms with van der Waals surface area (Å²) in [6.07, 6.45) is 0. The van der Waals surface area contributed by atoms with Gasteiger partial charge in [0.25, 0.3) is 17.2 Å². The quantitative estimate of drug-likeness (QED) is 0.259. The minimum atomic E-state index is -2.57. The minimum absolute atomic E-state index is 0.0685. The number of amides is 1. The molecule has 0 spiro atoms. The van der Waals surface area contributed by atoms with Crippen LogP contribution in [0.3, 0.4) is 0 Å². The van der Waals surface area contributed by atoms with Gasteiger partial charge in [-0.25, -0.2) is 18.5 Å². The standard InChI is InChI=1S/C27H29ClN6O4S/c1-32(2)14-15-33(3)27(35)18-8-7-9-19(16-18)34(39(36)37)26-25(29-22-10-5-6-11-23(22)31-26)30-24-17-20(38-4)12-13-21(24)28/h5-13,16-17H,14-15H2,1-4H3,(H,29,30)(H,36,37). The third-order valence-corrected chi connectivity index (χ3v) is 6.91. The summed E-state index contributed by atoms with van der Waals surface area (Å²) in [7, 11) is 7.12. The van der Waals surface area contributed by atoms with Crippen LogP contribution in [0.2, 0.25) is 5.02 Å². The fourth-order valence-electron chi connectivity index (χ4n) is 3.79. The Morgan fingerprint density at radius 2 is 1.72 bits per heavy atom. The topological polar surface area (TPSA) is 111 Å². The van der Waals surface area contributed by atoms with Gasteiger partial charge in [-0.05, 0) is 56.6 Å². The van der Waals surface area contributed by atoms with Gasteiger partial charge in [-0.1, -0.05) is 29.8 Å². The number of benzene rings is 3. The van der Waals surface area contributed by atoms with E-state index in [0.717, 1.165) is 4.31 Å². The number of rotatable bonds is 10. The first-order chi connectivity index (χ1) is 18.7. The monoisotopic (exact) mass is 568 g/mol. The van der Waals surface area contributed by atoms with Crippen LogP contribution in [0.1, 0.15) is 10.4 Å². The van der Waals surface area contributed by atoms with Gasteiger partial charge in [0.2, 0.25) is 0 Å². The molecule has 1 aromatic heterocycles. The van der Waals surface area contributed by atoms with Crippen LogP contribution in [0.15, 0.2) is 66.7 Å². The second-order valence-corrected chi connectivity index (χ2v) is 10.2. The molecule has 1 atom stereocenters. The van der Waals surface area contributed by atoms with Gasteiger partial charge >= 0.3 is 0 Å². The van der Waals surface area contributed by atoms with Crippen molar-refractivity contribution in [3.05, 3.63) is 77.3 Å². The van der Waals surface area contributed by atoms with Crippen molar-refractivity contribution in [2.24, 2.45) is 0 Å². The highest BCUT2D eigenvalue weighted by Gasteiger charge is 2.24. The molecule has 0 saturated carbocycles. The number of ether oxygens (including phenoxy) is 1. The van der Waals surface area contributed by atoms with Crippen molar-refractivity contribution in [3.63, 3.8) is 0 Å². The van der Waals surface area contributed by atoms with Crippen LogP contribution in [-0.2, 0) is 11.3 Å². The van der Waals surface area contributed by atoms with Crippen molar-refractivity contribution >= 4 is 62.8 Å². The van der Waals surface area contributed by atoms with Crippen molar-refractivity contribution in [1.29, 1.82) is 0 Å². The van der Waals surface area contributed by atoms with Gasteiger partial charge in [0.15, 0.2) is 11.6 Å². The molecule has 0 bridgehead atoms. The number of hydrogen-bond donors (Lipinski definition) is 2. The van der Waals surface area contributed by atoms with Crippen molar-refractivity contribution in [2.75, 3.05) is 51.0 Å². The molecule has 3 aromatic carbocycles. The predicted molar refractivity (Wildman–Crippen MR) is 156 cm³/mol. The summed E-state index contributed by atoms with van der Waals surface area (Å²) in [5.74, 6) is 0.600. The lowest BCUT2D eigenvalue weighted by atomic mass is 10.1. The SMILES string of the molecule is COc1ccc(Cl)c(Nc2nc3ccccc3nc2N(c2cccc(C(=O)N(C)CCN(C)C)c2)S(=O)O)c1. The maximum absolute atomic E-state index is 13.1. The summed E-state index contributed by atoms with van der Waals surface area (Å²) in [5.41, 5.74) is 2.20. The minimum Gasteiger partial charge on any atom is -0.497 e. The van der Waals surface area contributed by atoms with Crippen LogP contribution in [0.25, 0.3) is 11.0 Å². The molecule has 0 fully saturated rings. The first kappa shape index (κ1) is 28.2. The summed E-state index contributed by atoms with van der Waals surface area (Å²) >= 11 is 3.86. The Labute approximate surface area is 234 Å². The third kappa shape index (κ3) is 6.63. The largest absolute Gasteiger partial charge is 0.497 e. The highest BCUT2D eigenvalue weighted by molar-refractivity contribution is 7.81. The molecule has 1 unspecified atom stereocenters. The van der Waals surface area contributed by atoms with Gasteiger partial charge in [0.1, 0.15) is 5.75 Å². The number of nitrogens with zero attached hydrogens (tertiary/aromatic N) is 5. The van der Waals surface area contributed by atoms with Crippen molar-refractivity contribution < 1.29 is 18.3 Å². The normalized spacial score (nSPS) is 11.9. The van der Waals surface area contributed by atoms with Gasteiger partial charge < -0.3 is 19.9 Å². The zero-order chi connectivity index (χ0) is 28.1. The van der Waals surface area contributed by atoms with E-state index in [1.165, 1.54) is 7.11 Å². The Kier molecular flexibility index (Phi) is 8.97. The Hall–Kier alpha value is -3.77. The average Bonchev–Trinajstić information content (AvgIpc) is 2.92. The number of carbonyl (C=O) groups is 1. The van der Waals surface area contributed by atoms with Crippen LogP contribution in [-0.4, -0.2) is 75.8 Å². The Morgan fingerprint density at radius 3 is 2.38 bits per heavy atom. The second-order valence-electron chi connectivity index (χ2n) is 8.96. The van der Waals surface area contributed by atoms with Crippen LogP contribution in [0.4, 0.5) is 23.0 Å². The molecule has 10 nitrogen and oxygen atoms in total. The number of fused-ring (bicyclic) bond motifs is 1. The zero-order valence-electron chi connectivity index (χ0n) is 22.0. The van der Waals surface area contributed by atoms with Crippen molar-refractivity contribution in [3.8, 4) is 5.75 Å². The number of para-hydroxylation sites is 2. The van der Waals surface area contributed by atoms with E-state index in [1.807, 2.05) is 25.1 Å². The van der Waals surface area contributed by atoms with E-state index in [-0.39, 0.29) is 23.2 Å². The number of methoxy groups -OCH3 is 1. The summed E-state index contributed by atoms with van der Waals surface area (Å²) in [6, 6.07) is 18.7. The number of carbonyl (C=O) groups excluding carboxylic acids is 1. The molecule has 0 radical (unpaired) electrons. The molecule has 2 N–H and O–H groups in total. The number of hydrogen-bond acceptors (Lipinski definition) is 7. The molecular formula is C27H29ClN6O4S. The number of halogens is 1. The van der Waals surface area contributed by atoms with Gasteiger partial charge in [-0.15, -0.1) is 0 Å². The average molecular weight is 569 g/mol. The molecule has 12 heteroatoms. The molecule has 4 rings (SSSR count). The second kappa shape index (κ2) is 12.4. The van der Waals surface area contributed by atoms with Gasteiger partial charge in [-0.3, -0.25) is 9.35 Å². The van der Waals surface area contributed by atoms with E-state index in [1.54, 1.807) is 72.6 Å². The predicted octanol–water partition coefficient (Wildman–Crippen LogP) is 4.94. The molecular weight excluding hydrogens is 540 g/mol. The Balaban J connectivity index is 1.80. The van der Waals surface area contributed by atoms with Crippen LogP contribution in [0.5, 0.6) is 5.75 Å². The molecule has 1 amide bonds. The molecule has 0 aliphatic rings. The lowest BCUT2D eigenvalue weighted by Gasteiger charge is -2.24. The fraction of sp³-hybridized carbons (Fsp3) is 0.222.